The van der Waals surface area contributed by atoms with E-state index in [-0.39, 0.29) is 5.41 Å². The van der Waals surface area contributed by atoms with Crippen LogP contribution in [0.2, 0.25) is 0 Å². The molecule has 0 saturated carbocycles. The van der Waals surface area contributed by atoms with Crippen LogP contribution in [0, 0.1) is 0 Å². The first-order valence-electron chi connectivity index (χ1n) is 6.71. The predicted octanol–water partition coefficient (Wildman–Crippen LogP) is 3.57. The maximum atomic E-state index is 10.3. The van der Waals surface area contributed by atoms with Crippen molar-refractivity contribution in [2.45, 2.75) is 31.1 Å². The second-order valence-electron chi connectivity index (χ2n) is 5.55. The van der Waals surface area contributed by atoms with Gasteiger partial charge in [0, 0.05) is 11.0 Å². The molecule has 1 unspecified atom stereocenters. The molecular formula is C17H16O. The Kier molecular flexibility index (Phi) is 1.91. The average Bonchev–Trinajstić information content (AvgIpc) is 2.95. The first-order chi connectivity index (χ1) is 8.81. The highest BCUT2D eigenvalue weighted by molar-refractivity contribution is 5.58. The van der Waals surface area contributed by atoms with E-state index in [9.17, 15) is 5.11 Å². The highest BCUT2D eigenvalue weighted by Gasteiger charge is 2.45. The average molecular weight is 236 g/mol. The van der Waals surface area contributed by atoms with E-state index in [1.54, 1.807) is 0 Å². The molecule has 0 aromatic heterocycles. The molecule has 0 saturated heterocycles. The summed E-state index contributed by atoms with van der Waals surface area (Å²) >= 11 is 0. The quantitative estimate of drug-likeness (QED) is 0.741. The molecule has 1 N–H and O–H groups in total. The van der Waals surface area contributed by atoms with Gasteiger partial charge in [0.2, 0.25) is 0 Å². The normalized spacial score (nSPS) is 24.2. The van der Waals surface area contributed by atoms with E-state index in [4.69, 9.17) is 0 Å². The predicted molar refractivity (Wildman–Crippen MR) is 72.0 cm³/mol. The summed E-state index contributed by atoms with van der Waals surface area (Å²) in [6.07, 6.45) is 4.54. The van der Waals surface area contributed by atoms with Crippen molar-refractivity contribution < 1.29 is 5.11 Å². The van der Waals surface area contributed by atoms with Crippen LogP contribution < -0.4 is 0 Å². The Balaban J connectivity index is 2.00. The van der Waals surface area contributed by atoms with E-state index in [2.05, 4.69) is 30.3 Å². The lowest BCUT2D eigenvalue weighted by Crippen LogP contribution is -2.21. The van der Waals surface area contributed by atoms with Crippen LogP contribution in [0.4, 0.5) is 0 Å². The number of phenols is 1. The number of aromatic hydroxyl groups is 1. The zero-order chi connectivity index (χ0) is 12.2. The molecule has 2 aromatic rings. The smallest absolute Gasteiger partial charge is 0.119 e. The molecule has 1 spiro atoms. The van der Waals surface area contributed by atoms with Gasteiger partial charge in [0.15, 0.2) is 0 Å². The number of benzene rings is 2. The van der Waals surface area contributed by atoms with Crippen LogP contribution >= 0.6 is 0 Å². The van der Waals surface area contributed by atoms with Gasteiger partial charge in [0.1, 0.15) is 5.75 Å². The summed E-state index contributed by atoms with van der Waals surface area (Å²) in [5.41, 5.74) is 5.55. The molecule has 0 fully saturated rings. The van der Waals surface area contributed by atoms with Crippen LogP contribution in [0.5, 0.6) is 5.75 Å². The van der Waals surface area contributed by atoms with Gasteiger partial charge in [0.05, 0.1) is 0 Å². The van der Waals surface area contributed by atoms with Gasteiger partial charge in [-0.25, -0.2) is 0 Å². The molecule has 1 heteroatoms. The van der Waals surface area contributed by atoms with Gasteiger partial charge in [-0.05, 0) is 48.4 Å². The number of rotatable bonds is 0. The zero-order valence-corrected chi connectivity index (χ0v) is 10.3. The van der Waals surface area contributed by atoms with Crippen LogP contribution in [-0.4, -0.2) is 5.11 Å². The molecule has 90 valence electrons. The van der Waals surface area contributed by atoms with E-state index in [1.165, 1.54) is 22.3 Å². The Morgan fingerprint density at radius 3 is 2.44 bits per heavy atom. The van der Waals surface area contributed by atoms with Gasteiger partial charge in [-0.3, -0.25) is 0 Å². The molecule has 2 aliphatic rings. The van der Waals surface area contributed by atoms with Crippen molar-refractivity contribution in [3.8, 4) is 5.75 Å². The summed E-state index contributed by atoms with van der Waals surface area (Å²) in [7, 11) is 0. The lowest BCUT2D eigenvalue weighted by molar-refractivity contribution is 0.436. The van der Waals surface area contributed by atoms with E-state index in [0.717, 1.165) is 25.7 Å². The molecule has 0 bridgehead atoms. The summed E-state index contributed by atoms with van der Waals surface area (Å²) in [5.74, 6) is 0.488. The largest absolute Gasteiger partial charge is 0.508 e. The van der Waals surface area contributed by atoms with Crippen LogP contribution in [0.1, 0.15) is 35.1 Å². The molecule has 1 nitrogen and oxygen atoms in total. The van der Waals surface area contributed by atoms with E-state index < -0.39 is 0 Å². The van der Waals surface area contributed by atoms with Crippen molar-refractivity contribution >= 4 is 0 Å². The number of fused-ring (bicyclic) bond motifs is 4. The van der Waals surface area contributed by atoms with Crippen molar-refractivity contribution in [2.24, 2.45) is 0 Å². The monoisotopic (exact) mass is 236 g/mol. The Hall–Kier alpha value is -1.76. The summed E-state index contributed by atoms with van der Waals surface area (Å²) < 4.78 is 0. The molecular weight excluding hydrogens is 220 g/mol. The third kappa shape index (κ3) is 1.12. The molecule has 0 aliphatic heterocycles. The fraction of sp³-hybridized carbons (Fsp3) is 0.294. The number of hydrogen-bond acceptors (Lipinski definition) is 1. The minimum Gasteiger partial charge on any atom is -0.508 e. The highest BCUT2D eigenvalue weighted by Crippen LogP contribution is 2.54. The third-order valence-corrected chi connectivity index (χ3v) is 4.78. The van der Waals surface area contributed by atoms with Crippen molar-refractivity contribution in [3.63, 3.8) is 0 Å². The number of hydrogen-bond donors (Lipinski definition) is 1. The van der Waals surface area contributed by atoms with Gasteiger partial charge in [-0.1, -0.05) is 36.4 Å². The molecule has 18 heavy (non-hydrogen) atoms. The fourth-order valence-corrected chi connectivity index (χ4v) is 4.03. The highest BCUT2D eigenvalue weighted by atomic mass is 16.3. The van der Waals surface area contributed by atoms with Gasteiger partial charge < -0.3 is 5.11 Å². The Morgan fingerprint density at radius 1 is 0.833 bits per heavy atom. The first-order valence-corrected chi connectivity index (χ1v) is 6.71. The van der Waals surface area contributed by atoms with Gasteiger partial charge in [-0.15, -0.1) is 0 Å². The minimum atomic E-state index is 0.0945. The lowest BCUT2D eigenvalue weighted by atomic mass is 9.76. The second kappa shape index (κ2) is 3.38. The number of aryl methyl sites for hydroxylation is 2. The fourth-order valence-electron chi connectivity index (χ4n) is 4.03. The molecule has 2 aromatic carbocycles. The second-order valence-corrected chi connectivity index (χ2v) is 5.55. The van der Waals surface area contributed by atoms with Gasteiger partial charge >= 0.3 is 0 Å². The molecule has 1 atom stereocenters. The lowest BCUT2D eigenvalue weighted by Gasteiger charge is -2.27. The van der Waals surface area contributed by atoms with Gasteiger partial charge in [-0.2, -0.15) is 0 Å². The van der Waals surface area contributed by atoms with Crippen LogP contribution in [0.15, 0.2) is 42.5 Å². The van der Waals surface area contributed by atoms with Gasteiger partial charge in [0.25, 0.3) is 0 Å². The standard InChI is InChI=1S/C17H16O/c18-15-7-3-5-13-9-11-17(16(13)15)10-8-12-4-1-2-6-14(12)17/h1-7,18H,8-11H2. The molecule has 4 rings (SSSR count). The minimum absolute atomic E-state index is 0.0945. The summed E-state index contributed by atoms with van der Waals surface area (Å²) in [5, 5.41) is 10.3. The van der Waals surface area contributed by atoms with Crippen LogP contribution in [0.3, 0.4) is 0 Å². The maximum absolute atomic E-state index is 10.3. The Labute approximate surface area is 107 Å². The van der Waals surface area contributed by atoms with E-state index in [0.29, 0.717) is 5.75 Å². The van der Waals surface area contributed by atoms with Crippen molar-refractivity contribution in [1.82, 2.24) is 0 Å². The van der Waals surface area contributed by atoms with Crippen molar-refractivity contribution in [2.75, 3.05) is 0 Å². The van der Waals surface area contributed by atoms with E-state index in [1.807, 2.05) is 12.1 Å². The van der Waals surface area contributed by atoms with Crippen molar-refractivity contribution in [1.29, 1.82) is 0 Å². The molecule has 0 heterocycles. The molecule has 2 aliphatic carbocycles. The number of phenolic OH excluding ortho intramolecular Hbond substituents is 1. The SMILES string of the molecule is Oc1cccc2c1C1(CCc3ccccc31)CC2. The first kappa shape index (κ1) is 10.2. The summed E-state index contributed by atoms with van der Waals surface area (Å²) in [6, 6.07) is 14.7. The topological polar surface area (TPSA) is 20.2 Å². The molecule has 0 amide bonds. The Morgan fingerprint density at radius 2 is 1.56 bits per heavy atom. The summed E-state index contributed by atoms with van der Waals surface area (Å²) in [4.78, 5) is 0. The van der Waals surface area contributed by atoms with Crippen LogP contribution in [0.25, 0.3) is 0 Å². The maximum Gasteiger partial charge on any atom is 0.119 e. The Bertz CT molecular complexity index is 625. The third-order valence-electron chi connectivity index (χ3n) is 4.78. The summed E-state index contributed by atoms with van der Waals surface area (Å²) in [6.45, 7) is 0. The van der Waals surface area contributed by atoms with Crippen molar-refractivity contribution in [3.05, 3.63) is 64.7 Å². The van der Waals surface area contributed by atoms with E-state index >= 15 is 0 Å². The zero-order valence-electron chi connectivity index (χ0n) is 10.3. The van der Waals surface area contributed by atoms with Crippen LogP contribution in [-0.2, 0) is 18.3 Å². The molecule has 0 radical (unpaired) electrons.